The summed E-state index contributed by atoms with van der Waals surface area (Å²) in [5.41, 5.74) is 6.86. The van der Waals surface area contributed by atoms with Crippen LogP contribution < -0.4 is 15.8 Å². The first-order valence-corrected chi connectivity index (χ1v) is 9.94. The average molecular weight is 446 g/mol. The zero-order valence-corrected chi connectivity index (χ0v) is 17.3. The number of ether oxygens (including phenoxy) is 1. The van der Waals surface area contributed by atoms with Gasteiger partial charge >= 0.3 is 6.18 Å². The van der Waals surface area contributed by atoms with E-state index in [1.165, 1.54) is 24.3 Å². The van der Waals surface area contributed by atoms with Gasteiger partial charge in [-0.15, -0.1) is 0 Å². The van der Waals surface area contributed by atoms with Crippen molar-refractivity contribution in [3.8, 4) is 11.5 Å². The lowest BCUT2D eigenvalue weighted by molar-refractivity contribution is -0.137. The number of carbonyl (C=O) groups excluding carboxylic acids is 1. The maximum absolute atomic E-state index is 14.0. The molecule has 1 amide bonds. The molecule has 0 heterocycles. The summed E-state index contributed by atoms with van der Waals surface area (Å²) in [6, 6.07) is 11.2. The van der Waals surface area contributed by atoms with Crippen LogP contribution in [-0.2, 0) is 17.5 Å². The molecule has 3 N–H and O–H groups in total. The number of amides is 1. The minimum atomic E-state index is -4.47. The van der Waals surface area contributed by atoms with E-state index in [0.29, 0.717) is 23.3 Å². The van der Waals surface area contributed by atoms with Gasteiger partial charge in [0.25, 0.3) is 5.91 Å². The van der Waals surface area contributed by atoms with Gasteiger partial charge < -0.3 is 15.8 Å². The minimum absolute atomic E-state index is 0.0452. The van der Waals surface area contributed by atoms with Gasteiger partial charge in [-0.1, -0.05) is 25.1 Å². The molecule has 0 aromatic heterocycles. The van der Waals surface area contributed by atoms with E-state index >= 15 is 0 Å². The molecule has 32 heavy (non-hydrogen) atoms. The maximum Gasteiger partial charge on any atom is 0.416 e. The number of benzene rings is 2. The Morgan fingerprint density at radius 3 is 2.47 bits per heavy atom. The van der Waals surface area contributed by atoms with Crippen LogP contribution in [0.2, 0.25) is 0 Å². The van der Waals surface area contributed by atoms with Gasteiger partial charge in [0, 0.05) is 18.7 Å². The first kappa shape index (κ1) is 23.1. The first-order chi connectivity index (χ1) is 15.2. The van der Waals surface area contributed by atoms with Gasteiger partial charge in [-0.05, 0) is 60.0 Å². The van der Waals surface area contributed by atoms with E-state index in [-0.39, 0.29) is 30.0 Å². The number of hydrogen-bond acceptors (Lipinski definition) is 3. The SMILES string of the molecule is CCC1=C(F)C=CC(C(=O)NCc2cccc(Oc3cccc(C(F)(F)F)c3)c2)=C(N)C1. The zero-order valence-electron chi connectivity index (χ0n) is 17.3. The monoisotopic (exact) mass is 446 g/mol. The van der Waals surface area contributed by atoms with Crippen LogP contribution in [-0.4, -0.2) is 5.91 Å². The van der Waals surface area contributed by atoms with Crippen molar-refractivity contribution in [1.82, 2.24) is 5.32 Å². The molecule has 0 aliphatic heterocycles. The molecule has 0 bridgehead atoms. The minimum Gasteiger partial charge on any atom is -0.457 e. The van der Waals surface area contributed by atoms with Gasteiger partial charge in [-0.3, -0.25) is 4.79 Å². The second kappa shape index (κ2) is 9.72. The van der Waals surface area contributed by atoms with E-state index in [4.69, 9.17) is 10.5 Å². The summed E-state index contributed by atoms with van der Waals surface area (Å²) in [4.78, 5) is 12.6. The zero-order chi connectivity index (χ0) is 23.3. The Morgan fingerprint density at radius 2 is 1.78 bits per heavy atom. The van der Waals surface area contributed by atoms with E-state index in [0.717, 1.165) is 12.1 Å². The summed E-state index contributed by atoms with van der Waals surface area (Å²) in [7, 11) is 0. The predicted molar refractivity (Wildman–Crippen MR) is 113 cm³/mol. The molecule has 0 saturated heterocycles. The largest absolute Gasteiger partial charge is 0.457 e. The van der Waals surface area contributed by atoms with E-state index in [9.17, 15) is 22.4 Å². The van der Waals surface area contributed by atoms with E-state index in [1.54, 1.807) is 24.3 Å². The van der Waals surface area contributed by atoms with Crippen molar-refractivity contribution in [3.63, 3.8) is 0 Å². The highest BCUT2D eigenvalue weighted by atomic mass is 19.4. The molecule has 0 unspecified atom stereocenters. The van der Waals surface area contributed by atoms with E-state index in [1.807, 2.05) is 6.92 Å². The number of nitrogens with two attached hydrogens (primary N) is 1. The Balaban J connectivity index is 1.67. The van der Waals surface area contributed by atoms with Crippen molar-refractivity contribution in [3.05, 3.63) is 94.5 Å². The number of halogens is 4. The highest BCUT2D eigenvalue weighted by Gasteiger charge is 2.30. The molecule has 0 spiro atoms. The normalized spacial score (nSPS) is 14.4. The molecule has 2 aromatic carbocycles. The Kier molecular flexibility index (Phi) is 7.02. The van der Waals surface area contributed by atoms with E-state index < -0.39 is 23.5 Å². The number of hydrogen-bond donors (Lipinski definition) is 2. The number of alkyl halides is 3. The van der Waals surface area contributed by atoms with Crippen molar-refractivity contribution >= 4 is 5.91 Å². The molecule has 0 fully saturated rings. The summed E-state index contributed by atoms with van der Waals surface area (Å²) >= 11 is 0. The van der Waals surface area contributed by atoms with Crippen LogP contribution in [0.5, 0.6) is 11.5 Å². The number of allylic oxidation sites excluding steroid dienone is 3. The molecule has 0 atom stereocenters. The fraction of sp³-hybridized carbons (Fsp3) is 0.208. The topological polar surface area (TPSA) is 64.3 Å². The van der Waals surface area contributed by atoms with Crippen LogP contribution in [0.4, 0.5) is 17.6 Å². The van der Waals surface area contributed by atoms with Gasteiger partial charge in [0.2, 0.25) is 0 Å². The lowest BCUT2D eigenvalue weighted by Crippen LogP contribution is -2.26. The highest BCUT2D eigenvalue weighted by Crippen LogP contribution is 2.33. The quantitative estimate of drug-likeness (QED) is 0.542. The van der Waals surface area contributed by atoms with Crippen molar-refractivity contribution in [1.29, 1.82) is 0 Å². The molecule has 0 saturated carbocycles. The molecule has 0 radical (unpaired) electrons. The van der Waals surface area contributed by atoms with Gasteiger partial charge in [-0.2, -0.15) is 13.2 Å². The van der Waals surface area contributed by atoms with Crippen molar-refractivity contribution < 1.29 is 27.1 Å². The number of carbonyl (C=O) groups is 1. The molecule has 168 valence electrons. The number of rotatable bonds is 6. The van der Waals surface area contributed by atoms with Gasteiger partial charge in [0.1, 0.15) is 17.3 Å². The second-order valence-electron chi connectivity index (χ2n) is 7.21. The molecule has 4 nitrogen and oxygen atoms in total. The van der Waals surface area contributed by atoms with Crippen molar-refractivity contribution in [2.24, 2.45) is 5.73 Å². The van der Waals surface area contributed by atoms with Gasteiger partial charge in [0.15, 0.2) is 0 Å². The highest BCUT2D eigenvalue weighted by molar-refractivity contribution is 5.97. The second-order valence-corrected chi connectivity index (χ2v) is 7.21. The van der Waals surface area contributed by atoms with Crippen molar-refractivity contribution in [2.75, 3.05) is 0 Å². The molecule has 8 heteroatoms. The fourth-order valence-electron chi connectivity index (χ4n) is 3.17. The molecular formula is C24H22F4N2O2. The van der Waals surface area contributed by atoms with Crippen LogP contribution in [0.15, 0.2) is 83.4 Å². The molecular weight excluding hydrogens is 424 g/mol. The molecule has 2 aromatic rings. The number of nitrogens with one attached hydrogen (secondary N) is 1. The Labute approximate surface area is 183 Å². The lowest BCUT2D eigenvalue weighted by atomic mass is 10.1. The molecule has 1 aliphatic carbocycles. The maximum atomic E-state index is 14.0. The predicted octanol–water partition coefficient (Wildman–Crippen LogP) is 5.92. The smallest absolute Gasteiger partial charge is 0.416 e. The van der Waals surface area contributed by atoms with Crippen LogP contribution >= 0.6 is 0 Å². The van der Waals surface area contributed by atoms with Gasteiger partial charge in [-0.25, -0.2) is 4.39 Å². The third kappa shape index (κ3) is 5.78. The Bertz CT molecular complexity index is 1100. The van der Waals surface area contributed by atoms with Crippen LogP contribution in [0.1, 0.15) is 30.9 Å². The van der Waals surface area contributed by atoms with Gasteiger partial charge in [0.05, 0.1) is 11.1 Å². The first-order valence-electron chi connectivity index (χ1n) is 9.94. The van der Waals surface area contributed by atoms with Crippen molar-refractivity contribution in [2.45, 2.75) is 32.5 Å². The van der Waals surface area contributed by atoms with Crippen LogP contribution in [0.25, 0.3) is 0 Å². The third-order valence-electron chi connectivity index (χ3n) is 4.90. The molecule has 3 rings (SSSR count). The summed E-state index contributed by atoms with van der Waals surface area (Å²) in [6.45, 7) is 1.94. The summed E-state index contributed by atoms with van der Waals surface area (Å²) in [5, 5.41) is 2.72. The third-order valence-corrected chi connectivity index (χ3v) is 4.90. The van der Waals surface area contributed by atoms with Crippen LogP contribution in [0, 0.1) is 0 Å². The summed E-state index contributed by atoms with van der Waals surface area (Å²) < 4.78 is 58.2. The Morgan fingerprint density at radius 1 is 1.09 bits per heavy atom. The molecule has 1 aliphatic rings. The fourth-order valence-corrected chi connectivity index (χ4v) is 3.17. The van der Waals surface area contributed by atoms with E-state index in [2.05, 4.69) is 5.32 Å². The van der Waals surface area contributed by atoms with Crippen LogP contribution in [0.3, 0.4) is 0 Å². The lowest BCUT2D eigenvalue weighted by Gasteiger charge is -2.12. The Hall–Kier alpha value is -3.55. The standard InChI is InChI=1S/C24H22F4N2O2/c1-2-16-12-22(29)20(9-10-21(16)25)23(31)30-14-15-5-3-7-18(11-15)32-19-8-4-6-17(13-19)24(26,27)28/h3-11,13H,2,12,14,29H2,1H3,(H,30,31). The summed E-state index contributed by atoms with van der Waals surface area (Å²) in [6.07, 6.45) is -1.21. The average Bonchev–Trinajstić information content (AvgIpc) is 2.90. The summed E-state index contributed by atoms with van der Waals surface area (Å²) in [5.74, 6) is -0.474.